The summed E-state index contributed by atoms with van der Waals surface area (Å²) in [7, 11) is 0. The van der Waals surface area contributed by atoms with Gasteiger partial charge in [-0.3, -0.25) is 0 Å². The maximum atomic E-state index is 10.1. The zero-order valence-electron chi connectivity index (χ0n) is 8.85. The molecule has 0 radical (unpaired) electrons. The molecule has 1 atom stereocenters. The van der Waals surface area contributed by atoms with Gasteiger partial charge >= 0.3 is 51.4 Å². The molecular weight excluding hydrogens is 219 g/mol. The Hall–Kier alpha value is 0.286. The fourth-order valence-electron chi connectivity index (χ4n) is 1.28. The Labute approximate surface area is 132 Å². The summed E-state index contributed by atoms with van der Waals surface area (Å²) in [6.45, 7) is 0. The Kier molecular flexibility index (Phi) is 8.60. The van der Waals surface area contributed by atoms with E-state index in [1.165, 1.54) is 0 Å². The van der Waals surface area contributed by atoms with Crippen LogP contribution in [0.5, 0.6) is 0 Å². The van der Waals surface area contributed by atoms with Crippen molar-refractivity contribution in [3.05, 3.63) is 35.9 Å². The van der Waals surface area contributed by atoms with Crippen molar-refractivity contribution < 1.29 is 66.4 Å². The van der Waals surface area contributed by atoms with Crippen molar-refractivity contribution >= 4 is 5.97 Å². The summed E-state index contributed by atoms with van der Waals surface area (Å²) < 4.78 is 0. The summed E-state index contributed by atoms with van der Waals surface area (Å²) in [5.41, 5.74) is 0.825. The van der Waals surface area contributed by atoms with Crippen molar-refractivity contribution in [3.8, 4) is 0 Å². The Balaban J connectivity index is 0.00000196. The topological polar surface area (TPSA) is 60.4 Å². The largest absolute Gasteiger partial charge is 1.00 e. The van der Waals surface area contributed by atoms with E-state index in [0.717, 1.165) is 5.56 Å². The predicted octanol–water partition coefficient (Wildman–Crippen LogP) is -2.36. The third kappa shape index (κ3) is 6.45. The standard InChI is InChI=1S/C11H14O3.K/c12-10(7-4-8-11(13)14)9-5-2-1-3-6-9;/h1-3,5-6,10,12H,4,7-8H2,(H,13,14);/q;+1/p-1. The normalized spacial score (nSPS) is 11.5. The number of hydrogen-bond acceptors (Lipinski definition) is 3. The molecule has 1 N–H and O–H groups in total. The zero-order chi connectivity index (χ0) is 10.4. The van der Waals surface area contributed by atoms with Crippen LogP contribution in [0.25, 0.3) is 0 Å². The molecule has 0 saturated carbocycles. The van der Waals surface area contributed by atoms with Crippen LogP contribution in [0.2, 0.25) is 0 Å². The van der Waals surface area contributed by atoms with E-state index < -0.39 is 12.1 Å². The molecule has 0 aliphatic heterocycles. The van der Waals surface area contributed by atoms with Gasteiger partial charge in [0.1, 0.15) is 0 Å². The minimum Gasteiger partial charge on any atom is -0.550 e. The quantitative estimate of drug-likeness (QED) is 0.578. The molecule has 0 heterocycles. The molecule has 0 aromatic heterocycles. The first kappa shape index (κ1) is 15.3. The summed E-state index contributed by atoms with van der Waals surface area (Å²) in [5, 5.41) is 19.7. The molecule has 0 bridgehead atoms. The molecular formula is C11H13KO3. The van der Waals surface area contributed by atoms with Crippen LogP contribution in [-0.4, -0.2) is 11.1 Å². The predicted molar refractivity (Wildman–Crippen MR) is 50.3 cm³/mol. The number of aliphatic carboxylic acids is 1. The van der Waals surface area contributed by atoms with Crippen molar-refractivity contribution in [2.45, 2.75) is 25.4 Å². The molecule has 3 nitrogen and oxygen atoms in total. The van der Waals surface area contributed by atoms with E-state index in [4.69, 9.17) is 0 Å². The van der Waals surface area contributed by atoms with Crippen LogP contribution < -0.4 is 56.5 Å². The number of carbonyl (C=O) groups excluding carboxylic acids is 1. The smallest absolute Gasteiger partial charge is 0.550 e. The minimum atomic E-state index is -1.06. The molecule has 0 spiro atoms. The van der Waals surface area contributed by atoms with Gasteiger partial charge in [-0.2, -0.15) is 0 Å². The van der Waals surface area contributed by atoms with Gasteiger partial charge in [0.2, 0.25) is 0 Å². The molecule has 1 rings (SSSR count). The van der Waals surface area contributed by atoms with Crippen LogP contribution in [0.4, 0.5) is 0 Å². The summed E-state index contributed by atoms with van der Waals surface area (Å²) in [6, 6.07) is 9.21. The Morgan fingerprint density at radius 1 is 1.33 bits per heavy atom. The number of rotatable bonds is 5. The van der Waals surface area contributed by atoms with E-state index >= 15 is 0 Å². The van der Waals surface area contributed by atoms with E-state index in [-0.39, 0.29) is 57.8 Å². The van der Waals surface area contributed by atoms with Gasteiger partial charge in [0.25, 0.3) is 0 Å². The van der Waals surface area contributed by atoms with Gasteiger partial charge in [0.05, 0.1) is 6.10 Å². The number of hydrogen-bond donors (Lipinski definition) is 1. The third-order valence-corrected chi connectivity index (χ3v) is 2.04. The maximum Gasteiger partial charge on any atom is 1.00 e. The average Bonchev–Trinajstić information content (AvgIpc) is 2.18. The second-order valence-electron chi connectivity index (χ2n) is 3.19. The number of benzene rings is 1. The first-order valence-corrected chi connectivity index (χ1v) is 4.63. The van der Waals surface area contributed by atoms with Crippen LogP contribution in [0.3, 0.4) is 0 Å². The van der Waals surface area contributed by atoms with Gasteiger partial charge in [0.15, 0.2) is 0 Å². The molecule has 0 amide bonds. The molecule has 0 aliphatic rings. The number of aliphatic hydroxyl groups excluding tert-OH is 1. The molecule has 0 aliphatic carbocycles. The average molecular weight is 232 g/mol. The zero-order valence-corrected chi connectivity index (χ0v) is 12.0. The number of carboxylic acid groups (broad SMARTS) is 1. The molecule has 1 aromatic rings. The first-order chi connectivity index (χ1) is 6.70. The SMILES string of the molecule is O=C([O-])CCCC(O)c1ccccc1.[K+]. The van der Waals surface area contributed by atoms with Gasteiger partial charge < -0.3 is 15.0 Å². The van der Waals surface area contributed by atoms with Gasteiger partial charge in [-0.05, 0) is 24.8 Å². The van der Waals surface area contributed by atoms with E-state index in [0.29, 0.717) is 12.8 Å². The Morgan fingerprint density at radius 3 is 2.47 bits per heavy atom. The van der Waals surface area contributed by atoms with Crippen LogP contribution in [-0.2, 0) is 4.79 Å². The van der Waals surface area contributed by atoms with Crippen molar-refractivity contribution in [3.63, 3.8) is 0 Å². The van der Waals surface area contributed by atoms with E-state index in [1.54, 1.807) is 0 Å². The van der Waals surface area contributed by atoms with Gasteiger partial charge in [-0.25, -0.2) is 0 Å². The molecule has 1 unspecified atom stereocenters. The molecule has 1 aromatic carbocycles. The van der Waals surface area contributed by atoms with Crippen LogP contribution in [0.1, 0.15) is 30.9 Å². The summed E-state index contributed by atoms with van der Waals surface area (Å²) in [6.07, 6.45) is 0.329. The van der Waals surface area contributed by atoms with Gasteiger partial charge in [-0.15, -0.1) is 0 Å². The molecule has 15 heavy (non-hydrogen) atoms. The minimum absolute atomic E-state index is 0. The fourth-order valence-corrected chi connectivity index (χ4v) is 1.28. The summed E-state index contributed by atoms with van der Waals surface area (Å²) in [4.78, 5) is 10.1. The second-order valence-corrected chi connectivity index (χ2v) is 3.19. The Morgan fingerprint density at radius 2 is 1.93 bits per heavy atom. The Bertz CT molecular complexity index is 287. The molecule has 0 fully saturated rings. The van der Waals surface area contributed by atoms with E-state index in [2.05, 4.69) is 0 Å². The van der Waals surface area contributed by atoms with Crippen molar-refractivity contribution in [2.75, 3.05) is 0 Å². The van der Waals surface area contributed by atoms with Crippen LogP contribution >= 0.6 is 0 Å². The summed E-state index contributed by atoms with van der Waals surface area (Å²) >= 11 is 0. The van der Waals surface area contributed by atoms with Gasteiger partial charge in [0, 0.05) is 5.97 Å². The van der Waals surface area contributed by atoms with Crippen molar-refractivity contribution in [1.82, 2.24) is 0 Å². The third-order valence-electron chi connectivity index (χ3n) is 2.04. The number of carbonyl (C=O) groups is 1. The number of carboxylic acids is 1. The maximum absolute atomic E-state index is 10.1. The van der Waals surface area contributed by atoms with Crippen molar-refractivity contribution in [2.24, 2.45) is 0 Å². The monoisotopic (exact) mass is 232 g/mol. The van der Waals surface area contributed by atoms with Crippen LogP contribution in [0.15, 0.2) is 30.3 Å². The molecule has 4 heteroatoms. The molecule has 0 saturated heterocycles. The molecule has 76 valence electrons. The van der Waals surface area contributed by atoms with E-state index in [1.807, 2.05) is 30.3 Å². The summed E-state index contributed by atoms with van der Waals surface area (Å²) in [5.74, 6) is -1.06. The number of aliphatic hydroxyl groups is 1. The first-order valence-electron chi connectivity index (χ1n) is 4.63. The fraction of sp³-hybridized carbons (Fsp3) is 0.364. The van der Waals surface area contributed by atoms with Crippen LogP contribution in [0, 0.1) is 0 Å². The second kappa shape index (κ2) is 8.44. The van der Waals surface area contributed by atoms with Gasteiger partial charge in [-0.1, -0.05) is 30.3 Å². The van der Waals surface area contributed by atoms with Crippen molar-refractivity contribution in [1.29, 1.82) is 0 Å². The van der Waals surface area contributed by atoms with E-state index in [9.17, 15) is 15.0 Å².